The van der Waals surface area contributed by atoms with Gasteiger partial charge in [-0.2, -0.15) is 0 Å². The molecule has 0 atom stereocenters. The zero-order chi connectivity index (χ0) is 14.2. The quantitative estimate of drug-likeness (QED) is 0.875. The largest absolute Gasteiger partial charge is 0.319 e. The molecular formula is C17H23F2N. The summed E-state index contributed by atoms with van der Waals surface area (Å²) in [5.74, 6) is -0.917. The Morgan fingerprint density at radius 3 is 2.15 bits per heavy atom. The summed E-state index contributed by atoms with van der Waals surface area (Å²) in [6.45, 7) is 0.803. The van der Waals surface area contributed by atoms with Gasteiger partial charge in [-0.1, -0.05) is 19.3 Å². The number of likely N-dealkylation sites (N-methyl/N-ethyl adjacent to an activating group) is 1. The van der Waals surface area contributed by atoms with E-state index in [1.165, 1.54) is 44.2 Å². The predicted octanol–water partition coefficient (Wildman–Crippen LogP) is 4.17. The molecule has 0 saturated heterocycles. The molecule has 2 aliphatic rings. The van der Waals surface area contributed by atoms with E-state index in [4.69, 9.17) is 0 Å². The van der Waals surface area contributed by atoms with Crippen LogP contribution in [-0.4, -0.2) is 13.6 Å². The van der Waals surface area contributed by atoms with Gasteiger partial charge in [0.05, 0.1) is 0 Å². The molecular weight excluding hydrogens is 256 g/mol. The van der Waals surface area contributed by atoms with Gasteiger partial charge in [0, 0.05) is 18.0 Å². The highest BCUT2D eigenvalue weighted by Gasteiger charge is 2.54. The zero-order valence-corrected chi connectivity index (χ0v) is 12.1. The van der Waals surface area contributed by atoms with Crippen LogP contribution in [0.4, 0.5) is 8.78 Å². The number of hydrogen-bond donors (Lipinski definition) is 1. The van der Waals surface area contributed by atoms with Crippen LogP contribution in [0.3, 0.4) is 0 Å². The fourth-order valence-electron chi connectivity index (χ4n) is 4.67. The summed E-state index contributed by atoms with van der Waals surface area (Å²) in [6.07, 6.45) is 8.69. The van der Waals surface area contributed by atoms with E-state index < -0.39 is 11.6 Å². The number of rotatable bonds is 3. The van der Waals surface area contributed by atoms with E-state index >= 15 is 0 Å². The molecule has 3 rings (SSSR count). The SMILES string of the molecule is CNCC1(c2cc(F)cc(F)c2)CC2(CCCCC2)C1. The standard InChI is InChI=1S/C17H23F2N/c1-20-12-17(13-7-14(18)9-15(19)8-13)10-16(11-17)5-3-2-4-6-16/h7-9,20H,2-6,10-12H2,1H3. The Labute approximate surface area is 119 Å². The topological polar surface area (TPSA) is 12.0 Å². The Morgan fingerprint density at radius 1 is 1.00 bits per heavy atom. The third-order valence-electron chi connectivity index (χ3n) is 5.33. The molecule has 20 heavy (non-hydrogen) atoms. The summed E-state index contributed by atoms with van der Waals surface area (Å²) in [7, 11) is 1.92. The fourth-order valence-corrected chi connectivity index (χ4v) is 4.67. The summed E-state index contributed by atoms with van der Waals surface area (Å²) in [4.78, 5) is 0. The molecule has 3 heteroatoms. The van der Waals surface area contributed by atoms with Crippen LogP contribution in [0, 0.1) is 17.0 Å². The Kier molecular flexibility index (Phi) is 3.57. The maximum atomic E-state index is 13.5. The molecule has 1 aromatic carbocycles. The Hall–Kier alpha value is -0.960. The molecule has 0 aliphatic heterocycles. The van der Waals surface area contributed by atoms with Gasteiger partial charge in [-0.05, 0) is 55.8 Å². The van der Waals surface area contributed by atoms with Crippen molar-refractivity contribution in [1.82, 2.24) is 5.32 Å². The second-order valence-electron chi connectivity index (χ2n) is 6.88. The lowest BCUT2D eigenvalue weighted by Crippen LogP contribution is -2.55. The molecule has 1 aromatic rings. The first-order valence-corrected chi connectivity index (χ1v) is 7.69. The molecule has 0 bridgehead atoms. The van der Waals surface area contributed by atoms with Gasteiger partial charge in [0.15, 0.2) is 0 Å². The zero-order valence-electron chi connectivity index (χ0n) is 12.1. The molecule has 0 radical (unpaired) electrons. The maximum absolute atomic E-state index is 13.5. The molecule has 2 saturated carbocycles. The lowest BCUT2D eigenvalue weighted by atomic mass is 9.46. The minimum Gasteiger partial charge on any atom is -0.319 e. The van der Waals surface area contributed by atoms with Gasteiger partial charge in [-0.3, -0.25) is 0 Å². The van der Waals surface area contributed by atoms with Crippen molar-refractivity contribution >= 4 is 0 Å². The van der Waals surface area contributed by atoms with Gasteiger partial charge in [0.1, 0.15) is 11.6 Å². The maximum Gasteiger partial charge on any atom is 0.126 e. The second-order valence-corrected chi connectivity index (χ2v) is 6.88. The fraction of sp³-hybridized carbons (Fsp3) is 0.647. The van der Waals surface area contributed by atoms with Crippen molar-refractivity contribution in [1.29, 1.82) is 0 Å². The van der Waals surface area contributed by atoms with Crippen molar-refractivity contribution < 1.29 is 8.78 Å². The van der Waals surface area contributed by atoms with Gasteiger partial charge >= 0.3 is 0 Å². The third kappa shape index (κ3) is 2.37. The van der Waals surface area contributed by atoms with Crippen molar-refractivity contribution in [2.24, 2.45) is 5.41 Å². The normalized spacial score (nSPS) is 23.6. The molecule has 1 nitrogen and oxygen atoms in total. The first-order chi connectivity index (χ1) is 9.57. The van der Waals surface area contributed by atoms with Gasteiger partial charge in [0.25, 0.3) is 0 Å². The average Bonchev–Trinajstić information content (AvgIpc) is 2.37. The first-order valence-electron chi connectivity index (χ1n) is 7.69. The number of nitrogens with one attached hydrogen (secondary N) is 1. The van der Waals surface area contributed by atoms with Crippen LogP contribution in [0.1, 0.15) is 50.5 Å². The van der Waals surface area contributed by atoms with E-state index in [-0.39, 0.29) is 5.41 Å². The van der Waals surface area contributed by atoms with Crippen LogP contribution in [0.5, 0.6) is 0 Å². The van der Waals surface area contributed by atoms with Crippen LogP contribution in [0.15, 0.2) is 18.2 Å². The van der Waals surface area contributed by atoms with Gasteiger partial charge in [-0.25, -0.2) is 8.78 Å². The molecule has 1 N–H and O–H groups in total. The average molecular weight is 279 g/mol. The highest BCUT2D eigenvalue weighted by Crippen LogP contribution is 2.61. The first kappa shape index (κ1) is 14.0. The minimum absolute atomic E-state index is 0.0744. The Balaban J connectivity index is 1.86. The van der Waals surface area contributed by atoms with Crippen LogP contribution in [-0.2, 0) is 5.41 Å². The number of halogens is 2. The van der Waals surface area contributed by atoms with Crippen LogP contribution < -0.4 is 5.32 Å². The molecule has 2 aliphatic carbocycles. The second kappa shape index (κ2) is 5.10. The van der Waals surface area contributed by atoms with Crippen LogP contribution in [0.2, 0.25) is 0 Å². The Bertz CT molecular complexity index is 464. The van der Waals surface area contributed by atoms with E-state index in [1.54, 1.807) is 0 Å². The Morgan fingerprint density at radius 2 is 1.60 bits per heavy atom. The molecule has 2 fully saturated rings. The predicted molar refractivity (Wildman–Crippen MR) is 76.7 cm³/mol. The molecule has 0 amide bonds. The smallest absolute Gasteiger partial charge is 0.126 e. The lowest BCUT2D eigenvalue weighted by molar-refractivity contribution is -0.0121. The van der Waals surface area contributed by atoms with E-state index in [0.29, 0.717) is 5.41 Å². The van der Waals surface area contributed by atoms with E-state index in [2.05, 4.69) is 5.32 Å². The lowest BCUT2D eigenvalue weighted by Gasteiger charge is -2.59. The van der Waals surface area contributed by atoms with Crippen molar-refractivity contribution in [3.8, 4) is 0 Å². The van der Waals surface area contributed by atoms with Gasteiger partial charge in [0.2, 0.25) is 0 Å². The summed E-state index contributed by atoms with van der Waals surface area (Å²) in [5, 5.41) is 3.22. The monoisotopic (exact) mass is 279 g/mol. The van der Waals surface area contributed by atoms with E-state index in [1.807, 2.05) is 7.05 Å². The van der Waals surface area contributed by atoms with Crippen molar-refractivity contribution in [3.05, 3.63) is 35.4 Å². The van der Waals surface area contributed by atoms with E-state index in [9.17, 15) is 8.78 Å². The third-order valence-corrected chi connectivity index (χ3v) is 5.33. The van der Waals surface area contributed by atoms with Crippen LogP contribution >= 0.6 is 0 Å². The van der Waals surface area contributed by atoms with Crippen molar-refractivity contribution in [2.45, 2.75) is 50.4 Å². The van der Waals surface area contributed by atoms with Crippen molar-refractivity contribution in [2.75, 3.05) is 13.6 Å². The van der Waals surface area contributed by atoms with E-state index in [0.717, 1.165) is 31.0 Å². The van der Waals surface area contributed by atoms with Gasteiger partial charge in [-0.15, -0.1) is 0 Å². The molecule has 1 spiro atoms. The highest BCUT2D eigenvalue weighted by atomic mass is 19.1. The summed E-state index contributed by atoms with van der Waals surface area (Å²) < 4.78 is 27.1. The molecule has 0 aromatic heterocycles. The summed E-state index contributed by atoms with van der Waals surface area (Å²) >= 11 is 0. The minimum atomic E-state index is -0.458. The molecule has 0 unspecified atom stereocenters. The number of benzene rings is 1. The summed E-state index contributed by atoms with van der Waals surface area (Å²) in [6, 6.07) is 4.01. The van der Waals surface area contributed by atoms with Crippen molar-refractivity contribution in [3.63, 3.8) is 0 Å². The summed E-state index contributed by atoms with van der Waals surface area (Å²) in [5.41, 5.74) is 1.20. The number of hydrogen-bond acceptors (Lipinski definition) is 1. The van der Waals surface area contributed by atoms with Crippen LogP contribution in [0.25, 0.3) is 0 Å². The molecule has 110 valence electrons. The molecule has 0 heterocycles. The van der Waals surface area contributed by atoms with Gasteiger partial charge < -0.3 is 5.32 Å². The highest BCUT2D eigenvalue weighted by molar-refractivity contribution is 5.32.